The number of benzene rings is 2. The minimum Gasteiger partial charge on any atom is -0.264 e. The van der Waals surface area contributed by atoms with Gasteiger partial charge in [0, 0.05) is 23.3 Å². The lowest BCUT2D eigenvalue weighted by Gasteiger charge is -2.01. The highest BCUT2D eigenvalue weighted by Gasteiger charge is 2.09. The lowest BCUT2D eigenvalue weighted by molar-refractivity contribution is 1.32. The van der Waals surface area contributed by atoms with E-state index in [0.29, 0.717) is 5.57 Å². The molecule has 0 bridgehead atoms. The number of aromatic nitrogens is 2. The van der Waals surface area contributed by atoms with E-state index in [1.165, 1.54) is 22.1 Å². The van der Waals surface area contributed by atoms with Crippen LogP contribution in [0, 0.1) is 11.3 Å². The molecule has 3 nitrogen and oxygen atoms in total. The van der Waals surface area contributed by atoms with Crippen LogP contribution in [-0.4, -0.2) is 9.97 Å². The van der Waals surface area contributed by atoms with Crippen LogP contribution in [0.5, 0.6) is 0 Å². The van der Waals surface area contributed by atoms with Crippen molar-refractivity contribution in [2.75, 3.05) is 0 Å². The molecule has 2 aromatic heterocycles. The van der Waals surface area contributed by atoms with Gasteiger partial charge in [-0.15, -0.1) is 11.3 Å². The van der Waals surface area contributed by atoms with Gasteiger partial charge in [0.05, 0.1) is 11.3 Å². The van der Waals surface area contributed by atoms with Gasteiger partial charge in [-0.25, -0.2) is 4.98 Å². The lowest BCUT2D eigenvalue weighted by atomic mass is 10.1. The van der Waals surface area contributed by atoms with Gasteiger partial charge in [0.25, 0.3) is 0 Å². The van der Waals surface area contributed by atoms with E-state index in [1.807, 2.05) is 35.7 Å². The Hall–Kier alpha value is -3.29. The summed E-state index contributed by atoms with van der Waals surface area (Å²) in [6.07, 6.45) is 5.26. The predicted octanol–water partition coefficient (Wildman–Crippen LogP) is 5.42. The molecule has 2 aromatic carbocycles. The van der Waals surface area contributed by atoms with Crippen molar-refractivity contribution in [2.45, 2.75) is 0 Å². The Labute approximate surface area is 149 Å². The summed E-state index contributed by atoms with van der Waals surface area (Å²) in [5.74, 6) is 0. The zero-order chi connectivity index (χ0) is 17.1. The van der Waals surface area contributed by atoms with Gasteiger partial charge in [-0.05, 0) is 34.5 Å². The number of pyridine rings is 1. The molecule has 0 aliphatic heterocycles. The Balaban J connectivity index is 1.71. The Kier molecular flexibility index (Phi) is 4.07. The third-order valence-electron chi connectivity index (χ3n) is 3.90. The van der Waals surface area contributed by atoms with E-state index in [9.17, 15) is 5.26 Å². The van der Waals surface area contributed by atoms with Gasteiger partial charge in [0.1, 0.15) is 11.1 Å². The molecule has 0 saturated carbocycles. The number of rotatable bonds is 3. The average molecular weight is 339 g/mol. The average Bonchev–Trinajstić information content (AvgIpc) is 3.16. The summed E-state index contributed by atoms with van der Waals surface area (Å²) < 4.78 is 0. The van der Waals surface area contributed by atoms with E-state index in [4.69, 9.17) is 0 Å². The first-order chi connectivity index (χ1) is 12.3. The van der Waals surface area contributed by atoms with Gasteiger partial charge < -0.3 is 0 Å². The van der Waals surface area contributed by atoms with E-state index in [1.54, 1.807) is 12.4 Å². The van der Waals surface area contributed by atoms with E-state index >= 15 is 0 Å². The molecule has 25 heavy (non-hydrogen) atoms. The maximum atomic E-state index is 9.49. The van der Waals surface area contributed by atoms with Crippen LogP contribution in [0.3, 0.4) is 0 Å². The highest BCUT2D eigenvalue weighted by molar-refractivity contribution is 7.11. The zero-order valence-corrected chi connectivity index (χ0v) is 14.1. The van der Waals surface area contributed by atoms with Crippen molar-refractivity contribution < 1.29 is 0 Å². The SMILES string of the molecule is N#C/C(=C\c1cccnc1)c1nc(-c2ccc3ccccc3c2)cs1. The number of thiazole rings is 1. The maximum absolute atomic E-state index is 9.49. The number of hydrogen-bond acceptors (Lipinski definition) is 4. The van der Waals surface area contributed by atoms with E-state index < -0.39 is 0 Å². The zero-order valence-electron chi connectivity index (χ0n) is 13.3. The summed E-state index contributed by atoms with van der Waals surface area (Å²) in [4.78, 5) is 8.74. The fraction of sp³-hybridized carbons (Fsp3) is 0. The van der Waals surface area contributed by atoms with Crippen LogP contribution >= 0.6 is 11.3 Å². The van der Waals surface area contributed by atoms with E-state index in [0.717, 1.165) is 21.8 Å². The molecule has 0 N–H and O–H groups in total. The molecule has 4 rings (SSSR count). The summed E-state index contributed by atoms with van der Waals surface area (Å²) in [5, 5.41) is 14.6. The summed E-state index contributed by atoms with van der Waals surface area (Å²) in [7, 11) is 0. The summed E-state index contributed by atoms with van der Waals surface area (Å²) in [6, 6.07) is 20.6. The molecule has 0 aliphatic carbocycles. The monoisotopic (exact) mass is 339 g/mol. The Morgan fingerprint density at radius 1 is 1.04 bits per heavy atom. The fourth-order valence-corrected chi connectivity index (χ4v) is 3.44. The van der Waals surface area contributed by atoms with Gasteiger partial charge in [0.15, 0.2) is 0 Å². The molecule has 0 fully saturated rings. The Bertz CT molecular complexity index is 1100. The third kappa shape index (κ3) is 3.18. The number of allylic oxidation sites excluding steroid dienone is 1. The molecule has 0 saturated heterocycles. The summed E-state index contributed by atoms with van der Waals surface area (Å²) >= 11 is 1.48. The number of fused-ring (bicyclic) bond motifs is 1. The second kappa shape index (κ2) is 6.68. The minimum absolute atomic E-state index is 0.546. The lowest BCUT2D eigenvalue weighted by Crippen LogP contribution is -1.84. The highest BCUT2D eigenvalue weighted by Crippen LogP contribution is 2.29. The van der Waals surface area contributed by atoms with Crippen molar-refractivity contribution in [3.8, 4) is 17.3 Å². The number of nitriles is 1. The smallest absolute Gasteiger partial charge is 0.134 e. The third-order valence-corrected chi connectivity index (χ3v) is 4.77. The summed E-state index contributed by atoms with van der Waals surface area (Å²) in [6.45, 7) is 0. The Morgan fingerprint density at radius 2 is 1.92 bits per heavy atom. The van der Waals surface area contributed by atoms with Crippen molar-refractivity contribution in [1.82, 2.24) is 9.97 Å². The maximum Gasteiger partial charge on any atom is 0.134 e. The highest BCUT2D eigenvalue weighted by atomic mass is 32.1. The van der Waals surface area contributed by atoms with Crippen LogP contribution in [0.2, 0.25) is 0 Å². The van der Waals surface area contributed by atoms with E-state index in [2.05, 4.69) is 46.4 Å². The van der Waals surface area contributed by atoms with Crippen LogP contribution in [0.15, 0.2) is 72.4 Å². The predicted molar refractivity (Wildman–Crippen MR) is 103 cm³/mol. The normalized spacial score (nSPS) is 11.4. The van der Waals surface area contributed by atoms with Crippen LogP contribution in [0.1, 0.15) is 10.6 Å². The van der Waals surface area contributed by atoms with Crippen LogP contribution < -0.4 is 0 Å². The van der Waals surface area contributed by atoms with Crippen molar-refractivity contribution in [3.05, 3.63) is 82.9 Å². The van der Waals surface area contributed by atoms with Crippen LogP contribution in [-0.2, 0) is 0 Å². The molecule has 4 heteroatoms. The fourth-order valence-electron chi connectivity index (χ4n) is 2.65. The Morgan fingerprint density at radius 3 is 2.72 bits per heavy atom. The molecular formula is C21H13N3S. The molecule has 0 unspecified atom stereocenters. The van der Waals surface area contributed by atoms with Gasteiger partial charge in [-0.3, -0.25) is 4.98 Å². The topological polar surface area (TPSA) is 49.6 Å². The number of hydrogen-bond donors (Lipinski definition) is 0. The quantitative estimate of drug-likeness (QED) is 0.468. The molecule has 0 aliphatic rings. The first-order valence-electron chi connectivity index (χ1n) is 7.80. The summed E-state index contributed by atoms with van der Waals surface area (Å²) in [5.41, 5.74) is 3.38. The van der Waals surface area contributed by atoms with Crippen LogP contribution in [0.4, 0.5) is 0 Å². The largest absolute Gasteiger partial charge is 0.264 e. The molecule has 2 heterocycles. The van der Waals surface area contributed by atoms with E-state index in [-0.39, 0.29) is 0 Å². The van der Waals surface area contributed by atoms with Crippen LogP contribution in [0.25, 0.3) is 33.7 Å². The molecule has 0 radical (unpaired) electrons. The second-order valence-corrected chi connectivity index (χ2v) is 6.41. The minimum atomic E-state index is 0.546. The molecule has 0 amide bonds. The van der Waals surface area contributed by atoms with Gasteiger partial charge in [-0.2, -0.15) is 5.26 Å². The molecule has 0 atom stereocenters. The molecule has 4 aromatic rings. The van der Waals surface area contributed by atoms with Gasteiger partial charge in [-0.1, -0.05) is 42.5 Å². The van der Waals surface area contributed by atoms with Crippen molar-refractivity contribution >= 4 is 33.8 Å². The van der Waals surface area contributed by atoms with Crippen molar-refractivity contribution in [3.63, 3.8) is 0 Å². The standard InChI is InChI=1S/C21H13N3S/c22-12-19(10-15-4-3-9-23-13-15)21-24-20(14-25-21)18-8-7-16-5-1-2-6-17(16)11-18/h1-11,13-14H/b19-10+. The van der Waals surface area contributed by atoms with Crippen molar-refractivity contribution in [1.29, 1.82) is 5.26 Å². The van der Waals surface area contributed by atoms with Crippen molar-refractivity contribution in [2.24, 2.45) is 0 Å². The van der Waals surface area contributed by atoms with Gasteiger partial charge in [0.2, 0.25) is 0 Å². The first kappa shape index (κ1) is 15.3. The number of nitrogens with zero attached hydrogens (tertiary/aromatic N) is 3. The second-order valence-electron chi connectivity index (χ2n) is 5.56. The van der Waals surface area contributed by atoms with Gasteiger partial charge >= 0.3 is 0 Å². The first-order valence-corrected chi connectivity index (χ1v) is 8.68. The molecular weight excluding hydrogens is 326 g/mol. The molecule has 0 spiro atoms. The molecule has 118 valence electrons.